The van der Waals surface area contributed by atoms with Gasteiger partial charge in [-0.2, -0.15) is 0 Å². The largest absolute Gasteiger partial charge is 0.376 e. The van der Waals surface area contributed by atoms with E-state index in [1.807, 2.05) is 4.90 Å². The molecule has 22 heavy (non-hydrogen) atoms. The maximum atomic E-state index is 12.3. The summed E-state index contributed by atoms with van der Waals surface area (Å²) < 4.78 is 0. The summed E-state index contributed by atoms with van der Waals surface area (Å²) in [5.74, 6) is 0.165. The molecule has 0 unspecified atom stereocenters. The summed E-state index contributed by atoms with van der Waals surface area (Å²) in [4.78, 5) is 27.2. The molecule has 120 valence electrons. The normalized spacial score (nSPS) is 14.9. The number of rotatable bonds is 3. The number of aryl methyl sites for hydroxylation is 3. The lowest BCUT2D eigenvalue weighted by molar-refractivity contribution is -0.137. The van der Waals surface area contributed by atoms with E-state index in [9.17, 15) is 9.59 Å². The summed E-state index contributed by atoms with van der Waals surface area (Å²) in [6.07, 6.45) is 0. The number of carbonyl (C=O) groups is 2. The van der Waals surface area contributed by atoms with E-state index in [1.165, 1.54) is 5.56 Å². The first-order chi connectivity index (χ1) is 10.4. The van der Waals surface area contributed by atoms with Crippen LogP contribution in [0.3, 0.4) is 0 Å². The zero-order valence-corrected chi connectivity index (χ0v) is 13.9. The van der Waals surface area contributed by atoms with Gasteiger partial charge in [0.05, 0.1) is 6.54 Å². The summed E-state index contributed by atoms with van der Waals surface area (Å²) in [6, 6.07) is 4.23. The second-order valence-corrected chi connectivity index (χ2v) is 6.01. The number of nitrogens with one attached hydrogen (secondary N) is 1. The van der Waals surface area contributed by atoms with Crippen LogP contribution >= 0.6 is 0 Å². The minimum absolute atomic E-state index is 0.0797. The topological polar surface area (TPSA) is 52.7 Å². The number of benzene rings is 1. The van der Waals surface area contributed by atoms with Crippen molar-refractivity contribution in [2.24, 2.45) is 0 Å². The molecule has 5 nitrogen and oxygen atoms in total. The molecule has 1 aliphatic rings. The highest BCUT2D eigenvalue weighted by molar-refractivity contribution is 5.82. The number of nitrogens with zero attached hydrogens (tertiary/aromatic N) is 2. The average molecular weight is 303 g/mol. The highest BCUT2D eigenvalue weighted by Crippen LogP contribution is 2.21. The van der Waals surface area contributed by atoms with E-state index >= 15 is 0 Å². The van der Waals surface area contributed by atoms with Crippen molar-refractivity contribution in [2.45, 2.75) is 27.7 Å². The molecule has 1 aliphatic heterocycles. The summed E-state index contributed by atoms with van der Waals surface area (Å²) in [7, 11) is 0. The molecule has 2 rings (SSSR count). The maximum Gasteiger partial charge on any atom is 0.241 e. The Kier molecular flexibility index (Phi) is 5.06. The molecule has 1 saturated heterocycles. The molecule has 1 heterocycles. The van der Waals surface area contributed by atoms with Crippen LogP contribution in [0.25, 0.3) is 0 Å². The quantitative estimate of drug-likeness (QED) is 0.925. The fourth-order valence-electron chi connectivity index (χ4n) is 3.01. The van der Waals surface area contributed by atoms with Crippen molar-refractivity contribution >= 4 is 17.5 Å². The average Bonchev–Trinajstić information content (AvgIpc) is 2.46. The third-order valence-electron chi connectivity index (χ3n) is 4.17. The van der Waals surface area contributed by atoms with Crippen molar-refractivity contribution in [3.05, 3.63) is 28.8 Å². The van der Waals surface area contributed by atoms with Gasteiger partial charge in [-0.1, -0.05) is 17.7 Å². The molecular weight excluding hydrogens is 278 g/mol. The van der Waals surface area contributed by atoms with Crippen molar-refractivity contribution in [2.75, 3.05) is 38.0 Å². The number of hydrogen-bond donors (Lipinski definition) is 1. The van der Waals surface area contributed by atoms with Crippen LogP contribution in [0, 0.1) is 20.8 Å². The smallest absolute Gasteiger partial charge is 0.241 e. The molecule has 1 aromatic rings. The first-order valence-corrected chi connectivity index (χ1v) is 7.73. The monoisotopic (exact) mass is 303 g/mol. The maximum absolute atomic E-state index is 12.3. The van der Waals surface area contributed by atoms with Crippen LogP contribution < -0.4 is 5.32 Å². The first kappa shape index (κ1) is 16.3. The third-order valence-corrected chi connectivity index (χ3v) is 4.17. The molecule has 0 radical (unpaired) electrons. The number of hydrogen-bond acceptors (Lipinski definition) is 3. The van der Waals surface area contributed by atoms with E-state index < -0.39 is 0 Å². The Morgan fingerprint density at radius 2 is 1.50 bits per heavy atom. The fourth-order valence-corrected chi connectivity index (χ4v) is 3.01. The van der Waals surface area contributed by atoms with Gasteiger partial charge >= 0.3 is 0 Å². The van der Waals surface area contributed by atoms with E-state index in [0.29, 0.717) is 32.7 Å². The highest BCUT2D eigenvalue weighted by atomic mass is 16.2. The van der Waals surface area contributed by atoms with Gasteiger partial charge < -0.3 is 15.1 Å². The molecule has 0 atom stereocenters. The van der Waals surface area contributed by atoms with Gasteiger partial charge in [0, 0.05) is 38.8 Å². The molecular formula is C17H25N3O2. The van der Waals surface area contributed by atoms with Gasteiger partial charge in [-0.15, -0.1) is 0 Å². The van der Waals surface area contributed by atoms with E-state index in [1.54, 1.807) is 11.8 Å². The molecule has 0 aromatic heterocycles. The second kappa shape index (κ2) is 6.81. The van der Waals surface area contributed by atoms with Crippen molar-refractivity contribution in [3.63, 3.8) is 0 Å². The molecule has 1 fully saturated rings. The highest BCUT2D eigenvalue weighted by Gasteiger charge is 2.22. The molecule has 1 aromatic carbocycles. The lowest BCUT2D eigenvalue weighted by Crippen LogP contribution is -2.51. The number of anilines is 1. The minimum atomic E-state index is 0.0797. The summed E-state index contributed by atoms with van der Waals surface area (Å²) in [5, 5.41) is 3.27. The number of carbonyl (C=O) groups excluding carboxylic acids is 2. The summed E-state index contributed by atoms with van der Waals surface area (Å²) in [5.41, 5.74) is 4.59. The van der Waals surface area contributed by atoms with Gasteiger partial charge in [-0.3, -0.25) is 9.59 Å². The van der Waals surface area contributed by atoms with Crippen LogP contribution in [-0.2, 0) is 9.59 Å². The first-order valence-electron chi connectivity index (χ1n) is 7.73. The Morgan fingerprint density at radius 1 is 1.00 bits per heavy atom. The van der Waals surface area contributed by atoms with Crippen LogP contribution in [0.2, 0.25) is 0 Å². The Morgan fingerprint density at radius 3 is 2.00 bits per heavy atom. The zero-order chi connectivity index (χ0) is 16.3. The van der Waals surface area contributed by atoms with E-state index in [-0.39, 0.29) is 11.8 Å². The Labute approximate surface area is 132 Å². The van der Waals surface area contributed by atoms with Crippen LogP contribution in [0.15, 0.2) is 12.1 Å². The molecule has 2 amide bonds. The molecule has 1 N–H and O–H groups in total. The van der Waals surface area contributed by atoms with Gasteiger partial charge in [0.25, 0.3) is 0 Å². The van der Waals surface area contributed by atoms with Gasteiger partial charge in [0.1, 0.15) is 0 Å². The Balaban J connectivity index is 1.90. The molecule has 0 spiro atoms. The standard InChI is InChI=1S/C17H25N3O2/c1-12-9-13(2)17(14(3)10-12)18-11-16(22)20-7-5-19(6-8-20)15(4)21/h9-10,18H,5-8,11H2,1-4H3. The van der Waals surface area contributed by atoms with E-state index in [2.05, 4.69) is 38.2 Å². The summed E-state index contributed by atoms with van der Waals surface area (Å²) >= 11 is 0. The van der Waals surface area contributed by atoms with Crippen molar-refractivity contribution in [1.29, 1.82) is 0 Å². The van der Waals surface area contributed by atoms with E-state index in [4.69, 9.17) is 0 Å². The van der Waals surface area contributed by atoms with Crippen LogP contribution in [0.4, 0.5) is 5.69 Å². The van der Waals surface area contributed by atoms with Gasteiger partial charge in [-0.05, 0) is 31.9 Å². The zero-order valence-electron chi connectivity index (χ0n) is 13.9. The van der Waals surface area contributed by atoms with Gasteiger partial charge in [0.2, 0.25) is 11.8 Å². The van der Waals surface area contributed by atoms with Crippen molar-refractivity contribution in [3.8, 4) is 0 Å². The Bertz CT molecular complexity index is 552. The lowest BCUT2D eigenvalue weighted by Gasteiger charge is -2.34. The minimum Gasteiger partial charge on any atom is -0.376 e. The van der Waals surface area contributed by atoms with Gasteiger partial charge in [0.15, 0.2) is 0 Å². The SMILES string of the molecule is CC(=O)N1CCN(C(=O)CNc2c(C)cc(C)cc2C)CC1. The Hall–Kier alpha value is -2.04. The van der Waals surface area contributed by atoms with Gasteiger partial charge in [-0.25, -0.2) is 0 Å². The summed E-state index contributed by atoms with van der Waals surface area (Å²) in [6.45, 7) is 10.5. The van der Waals surface area contributed by atoms with Crippen molar-refractivity contribution in [1.82, 2.24) is 9.80 Å². The van der Waals surface area contributed by atoms with Crippen LogP contribution in [0.5, 0.6) is 0 Å². The fraction of sp³-hybridized carbons (Fsp3) is 0.529. The molecule has 0 aliphatic carbocycles. The van der Waals surface area contributed by atoms with Crippen molar-refractivity contribution < 1.29 is 9.59 Å². The number of piperazine rings is 1. The predicted octanol–water partition coefficient (Wildman–Crippen LogP) is 1.71. The second-order valence-electron chi connectivity index (χ2n) is 6.01. The van der Waals surface area contributed by atoms with Crippen LogP contribution in [0.1, 0.15) is 23.6 Å². The molecule has 0 saturated carbocycles. The molecule has 0 bridgehead atoms. The molecule has 5 heteroatoms. The third kappa shape index (κ3) is 3.78. The lowest BCUT2D eigenvalue weighted by atomic mass is 10.1. The predicted molar refractivity (Wildman–Crippen MR) is 88.0 cm³/mol. The van der Waals surface area contributed by atoms with Crippen LogP contribution in [-0.4, -0.2) is 54.3 Å². The van der Waals surface area contributed by atoms with E-state index in [0.717, 1.165) is 16.8 Å². The number of amides is 2.